The zero-order valence-electron chi connectivity index (χ0n) is 17.1. The second-order valence-electron chi connectivity index (χ2n) is 6.54. The fourth-order valence-corrected chi connectivity index (χ4v) is 1.99. The lowest BCUT2D eigenvalue weighted by atomic mass is 10.1. The molecular weight excluding hydrogens is 336 g/mol. The third kappa shape index (κ3) is 38.4. The maximum absolute atomic E-state index is 9.96. The topological polar surface area (TPSA) is 115 Å². The van der Waals surface area contributed by atoms with Gasteiger partial charge in [-0.1, -0.05) is 59.3 Å². The van der Waals surface area contributed by atoms with E-state index in [0.29, 0.717) is 18.8 Å². The first-order valence-corrected chi connectivity index (χ1v) is 10.0. The van der Waals surface area contributed by atoms with Gasteiger partial charge in [-0.25, -0.2) is 0 Å². The summed E-state index contributed by atoms with van der Waals surface area (Å²) in [5, 5.41) is 33.2. The molecule has 0 aromatic rings. The van der Waals surface area contributed by atoms with Crippen LogP contribution in [0.5, 0.6) is 0 Å². The van der Waals surface area contributed by atoms with Gasteiger partial charge in [-0.15, -0.1) is 0 Å². The van der Waals surface area contributed by atoms with Crippen molar-refractivity contribution in [3.63, 3.8) is 0 Å². The van der Waals surface area contributed by atoms with E-state index in [1.165, 1.54) is 12.8 Å². The Morgan fingerprint density at radius 2 is 1.04 bits per heavy atom. The second kappa shape index (κ2) is 26.1. The molecule has 0 saturated carbocycles. The zero-order chi connectivity index (χ0) is 20.6. The molecule has 6 heteroatoms. The smallest absolute Gasteiger partial charge is 0.303 e. The summed E-state index contributed by atoms with van der Waals surface area (Å²) in [6.45, 7) is 6.72. The maximum atomic E-state index is 9.96. The van der Waals surface area contributed by atoms with Crippen molar-refractivity contribution in [2.45, 2.75) is 97.8 Å². The molecule has 0 fully saturated rings. The number of carbonyl (C=O) groups is 2. The molecule has 4 N–H and O–H groups in total. The summed E-state index contributed by atoms with van der Waals surface area (Å²) in [5.41, 5.74) is 0. The summed E-state index contributed by atoms with van der Waals surface area (Å²) in [5.74, 6) is -0.887. The summed E-state index contributed by atoms with van der Waals surface area (Å²) < 4.78 is 0. The summed E-state index contributed by atoms with van der Waals surface area (Å²) in [6, 6.07) is 0. The largest absolute Gasteiger partial charge is 0.481 e. The van der Waals surface area contributed by atoms with Crippen LogP contribution in [-0.2, 0) is 9.59 Å². The first kappa shape index (κ1) is 29.6. The Bertz CT molecular complexity index is 266. The van der Waals surface area contributed by atoms with Crippen molar-refractivity contribution >= 4 is 11.9 Å². The van der Waals surface area contributed by atoms with Crippen molar-refractivity contribution in [1.29, 1.82) is 0 Å². The highest BCUT2D eigenvalue weighted by Crippen LogP contribution is 2.04. The highest BCUT2D eigenvalue weighted by Gasteiger charge is 1.97. The SMILES string of the molecule is CC(CCO)CCO.CCCCCCC(=O)O.CCCCCCC(=O)O. The van der Waals surface area contributed by atoms with Gasteiger partial charge in [0.15, 0.2) is 0 Å². The van der Waals surface area contributed by atoms with Crippen LogP contribution in [0.25, 0.3) is 0 Å². The lowest BCUT2D eigenvalue weighted by Crippen LogP contribution is -1.99. The molecule has 0 saturated heterocycles. The van der Waals surface area contributed by atoms with Crippen molar-refractivity contribution < 1.29 is 30.0 Å². The highest BCUT2D eigenvalue weighted by atomic mass is 16.4. The Morgan fingerprint density at radius 1 is 0.692 bits per heavy atom. The summed E-state index contributed by atoms with van der Waals surface area (Å²) in [6.07, 6.45) is 10.7. The first-order valence-electron chi connectivity index (χ1n) is 10.0. The fraction of sp³-hybridized carbons (Fsp3) is 0.900. The minimum Gasteiger partial charge on any atom is -0.481 e. The minimum absolute atomic E-state index is 0.237. The third-order valence-electron chi connectivity index (χ3n) is 3.73. The van der Waals surface area contributed by atoms with Crippen LogP contribution in [0.4, 0.5) is 0 Å². The van der Waals surface area contributed by atoms with Gasteiger partial charge in [0, 0.05) is 26.1 Å². The lowest BCUT2D eigenvalue weighted by Gasteiger charge is -2.04. The lowest BCUT2D eigenvalue weighted by molar-refractivity contribution is -0.138. The van der Waals surface area contributed by atoms with Crippen molar-refractivity contribution in [3.8, 4) is 0 Å². The quantitative estimate of drug-likeness (QED) is 0.331. The molecule has 0 aromatic heterocycles. The molecule has 0 radical (unpaired) electrons. The Hall–Kier alpha value is -1.14. The van der Waals surface area contributed by atoms with E-state index in [-0.39, 0.29) is 13.2 Å². The van der Waals surface area contributed by atoms with Crippen molar-refractivity contribution in [3.05, 3.63) is 0 Å². The number of aliphatic carboxylic acids is 2. The van der Waals surface area contributed by atoms with Crippen LogP contribution in [-0.4, -0.2) is 45.6 Å². The number of unbranched alkanes of at least 4 members (excludes halogenated alkanes) is 6. The predicted octanol–water partition coefficient (Wildman–Crippen LogP) is 4.47. The highest BCUT2D eigenvalue weighted by molar-refractivity contribution is 5.66. The predicted molar refractivity (Wildman–Crippen MR) is 105 cm³/mol. The number of hydrogen-bond acceptors (Lipinski definition) is 4. The number of rotatable bonds is 14. The standard InChI is InChI=1S/2C7H14O2.C6H14O2/c2*1-2-3-4-5-6-7(8)9;1-6(2-4-7)3-5-8/h2*2-6H2,1H3,(H,8,9);6-8H,2-5H2,1H3. The molecule has 0 aromatic carbocycles. The average Bonchev–Trinajstić information content (AvgIpc) is 2.57. The van der Waals surface area contributed by atoms with E-state index in [2.05, 4.69) is 13.8 Å². The van der Waals surface area contributed by atoms with Crippen LogP contribution in [0.3, 0.4) is 0 Å². The van der Waals surface area contributed by atoms with Gasteiger partial charge in [-0.05, 0) is 31.6 Å². The fourth-order valence-electron chi connectivity index (χ4n) is 1.99. The van der Waals surface area contributed by atoms with Crippen LogP contribution in [0.15, 0.2) is 0 Å². The second-order valence-corrected chi connectivity index (χ2v) is 6.54. The van der Waals surface area contributed by atoms with Gasteiger partial charge < -0.3 is 20.4 Å². The first-order chi connectivity index (χ1) is 12.3. The molecule has 0 atom stereocenters. The normalized spacial score (nSPS) is 9.77. The van der Waals surface area contributed by atoms with Gasteiger partial charge in [-0.2, -0.15) is 0 Å². The molecule has 6 nitrogen and oxygen atoms in total. The minimum atomic E-state index is -0.675. The van der Waals surface area contributed by atoms with Gasteiger partial charge in [0.2, 0.25) is 0 Å². The molecule has 0 bridgehead atoms. The van der Waals surface area contributed by atoms with E-state index in [9.17, 15) is 9.59 Å². The van der Waals surface area contributed by atoms with Crippen molar-refractivity contribution in [1.82, 2.24) is 0 Å². The van der Waals surface area contributed by atoms with Crippen LogP contribution in [0.2, 0.25) is 0 Å². The number of aliphatic hydroxyl groups excluding tert-OH is 2. The molecule has 0 amide bonds. The molecule has 0 aliphatic heterocycles. The van der Waals surface area contributed by atoms with Gasteiger partial charge >= 0.3 is 11.9 Å². The van der Waals surface area contributed by atoms with Gasteiger partial charge in [0.1, 0.15) is 0 Å². The van der Waals surface area contributed by atoms with Crippen LogP contribution < -0.4 is 0 Å². The van der Waals surface area contributed by atoms with Crippen LogP contribution in [0, 0.1) is 5.92 Å². The van der Waals surface area contributed by atoms with Crippen molar-refractivity contribution in [2.24, 2.45) is 5.92 Å². The summed E-state index contributed by atoms with van der Waals surface area (Å²) >= 11 is 0. The summed E-state index contributed by atoms with van der Waals surface area (Å²) in [4.78, 5) is 19.9. The summed E-state index contributed by atoms with van der Waals surface area (Å²) in [7, 11) is 0. The van der Waals surface area contributed by atoms with Gasteiger partial charge in [0.05, 0.1) is 0 Å². The molecule has 0 rings (SSSR count). The van der Waals surface area contributed by atoms with Gasteiger partial charge in [0.25, 0.3) is 0 Å². The Morgan fingerprint density at radius 3 is 1.27 bits per heavy atom. The molecule has 158 valence electrons. The van der Waals surface area contributed by atoms with Crippen LogP contribution >= 0.6 is 0 Å². The van der Waals surface area contributed by atoms with E-state index in [1.54, 1.807) is 0 Å². The van der Waals surface area contributed by atoms with Gasteiger partial charge in [-0.3, -0.25) is 9.59 Å². The number of carboxylic acids is 2. The number of aliphatic hydroxyl groups is 2. The molecule has 0 aliphatic carbocycles. The van der Waals surface area contributed by atoms with E-state index < -0.39 is 11.9 Å². The number of carboxylic acid groups (broad SMARTS) is 2. The van der Waals surface area contributed by atoms with Crippen molar-refractivity contribution in [2.75, 3.05) is 13.2 Å². The molecular formula is C20H42O6. The Kier molecular flexibility index (Phi) is 29.7. The average molecular weight is 379 g/mol. The number of hydrogen-bond donors (Lipinski definition) is 4. The Labute approximate surface area is 159 Å². The molecule has 0 heterocycles. The molecule has 0 unspecified atom stereocenters. The van der Waals surface area contributed by atoms with E-state index >= 15 is 0 Å². The monoisotopic (exact) mass is 378 g/mol. The molecule has 26 heavy (non-hydrogen) atoms. The van der Waals surface area contributed by atoms with E-state index in [0.717, 1.165) is 51.4 Å². The maximum Gasteiger partial charge on any atom is 0.303 e. The van der Waals surface area contributed by atoms with Crippen LogP contribution in [0.1, 0.15) is 97.8 Å². The Balaban J connectivity index is -0.000000306. The third-order valence-corrected chi connectivity index (χ3v) is 3.73. The molecule has 0 spiro atoms. The van der Waals surface area contributed by atoms with E-state index in [1.807, 2.05) is 6.92 Å². The van der Waals surface area contributed by atoms with E-state index in [4.69, 9.17) is 20.4 Å². The zero-order valence-corrected chi connectivity index (χ0v) is 17.1. The molecule has 0 aliphatic rings.